The maximum Gasteiger partial charge on any atom is 0.326 e. The fourth-order valence-electron chi connectivity index (χ4n) is 3.02. The van der Waals surface area contributed by atoms with Crippen molar-refractivity contribution in [1.82, 2.24) is 21.3 Å². The number of amides is 5. The van der Waals surface area contributed by atoms with Crippen LogP contribution in [0.25, 0.3) is 0 Å². The molecule has 0 radical (unpaired) electrons. The van der Waals surface area contributed by atoms with Crippen molar-refractivity contribution in [2.75, 3.05) is 12.3 Å². The van der Waals surface area contributed by atoms with Gasteiger partial charge in [-0.2, -0.15) is 12.6 Å². The molecular weight excluding hydrogens is 444 g/mol. The average molecular weight is 475 g/mol. The van der Waals surface area contributed by atoms with Crippen molar-refractivity contribution in [3.8, 4) is 0 Å². The molecule has 1 aliphatic heterocycles. The highest BCUT2D eigenvalue weighted by molar-refractivity contribution is 7.80. The lowest BCUT2D eigenvalue weighted by Gasteiger charge is -2.24. The van der Waals surface area contributed by atoms with Crippen molar-refractivity contribution in [1.29, 1.82) is 0 Å². The van der Waals surface area contributed by atoms with Crippen LogP contribution in [0.2, 0.25) is 0 Å². The Balaban J connectivity index is 2.83. The highest BCUT2D eigenvalue weighted by atomic mass is 32.1. The quantitative estimate of drug-likeness (QED) is 0.119. The fourth-order valence-corrected chi connectivity index (χ4v) is 3.28. The van der Waals surface area contributed by atoms with Crippen LogP contribution in [-0.4, -0.2) is 77.1 Å². The van der Waals surface area contributed by atoms with E-state index in [4.69, 9.17) is 11.5 Å². The van der Waals surface area contributed by atoms with E-state index in [9.17, 15) is 33.9 Å². The first-order valence-corrected chi connectivity index (χ1v) is 10.7. The second kappa shape index (κ2) is 13.5. The number of hydrogen-bond donors (Lipinski definition) is 8. The minimum Gasteiger partial charge on any atom is -0.480 e. The summed E-state index contributed by atoms with van der Waals surface area (Å²) in [6.45, 7) is 0.686. The molecule has 9 N–H and O–H groups in total. The van der Waals surface area contributed by atoms with Crippen molar-refractivity contribution >= 4 is 48.1 Å². The molecule has 5 amide bonds. The van der Waals surface area contributed by atoms with Gasteiger partial charge in [0.2, 0.25) is 29.5 Å². The largest absolute Gasteiger partial charge is 0.480 e. The lowest BCUT2D eigenvalue weighted by Crippen LogP contribution is -2.57. The summed E-state index contributed by atoms with van der Waals surface area (Å²) in [6, 6.07) is -4.24. The van der Waals surface area contributed by atoms with Gasteiger partial charge in [0.15, 0.2) is 0 Å². The maximum absolute atomic E-state index is 12.7. The lowest BCUT2D eigenvalue weighted by molar-refractivity contribution is -0.142. The molecule has 13 nitrogen and oxygen atoms in total. The molecule has 1 saturated heterocycles. The van der Waals surface area contributed by atoms with E-state index in [0.29, 0.717) is 13.0 Å². The summed E-state index contributed by atoms with van der Waals surface area (Å²) in [5.74, 6) is -4.94. The van der Waals surface area contributed by atoms with Crippen LogP contribution >= 0.6 is 12.6 Å². The number of carbonyl (C=O) groups is 6. The first-order chi connectivity index (χ1) is 15.0. The molecule has 0 aromatic carbocycles. The van der Waals surface area contributed by atoms with Gasteiger partial charge in [-0.3, -0.25) is 24.0 Å². The van der Waals surface area contributed by atoms with Gasteiger partial charge in [-0.05, 0) is 32.2 Å². The Hall–Kier alpha value is -2.87. The first kappa shape index (κ1) is 27.2. The summed E-state index contributed by atoms with van der Waals surface area (Å²) < 4.78 is 0. The first-order valence-electron chi connectivity index (χ1n) is 10.1. The van der Waals surface area contributed by atoms with E-state index in [1.807, 2.05) is 0 Å². The summed E-state index contributed by atoms with van der Waals surface area (Å²) in [5, 5.41) is 19.4. The lowest BCUT2D eigenvalue weighted by atomic mass is 10.1. The Kier molecular flexibility index (Phi) is 11.5. The topological polar surface area (TPSA) is 223 Å². The smallest absolute Gasteiger partial charge is 0.326 e. The zero-order valence-electron chi connectivity index (χ0n) is 17.5. The highest BCUT2D eigenvalue weighted by Crippen LogP contribution is 2.06. The molecule has 0 spiro atoms. The van der Waals surface area contributed by atoms with Crippen LogP contribution in [0.5, 0.6) is 0 Å². The molecule has 4 unspecified atom stereocenters. The highest BCUT2D eigenvalue weighted by Gasteiger charge is 2.31. The van der Waals surface area contributed by atoms with Crippen LogP contribution in [0.4, 0.5) is 0 Å². The van der Waals surface area contributed by atoms with Crippen LogP contribution in [-0.2, 0) is 28.8 Å². The van der Waals surface area contributed by atoms with Crippen molar-refractivity contribution in [3.05, 3.63) is 0 Å². The van der Waals surface area contributed by atoms with Gasteiger partial charge in [-0.1, -0.05) is 0 Å². The second-order valence-electron chi connectivity index (χ2n) is 7.36. The molecule has 0 aromatic rings. The van der Waals surface area contributed by atoms with Crippen LogP contribution in [0.15, 0.2) is 0 Å². The Labute approximate surface area is 190 Å². The normalized spacial score (nSPS) is 18.1. The number of carboxylic acids is 1. The third-order valence-corrected chi connectivity index (χ3v) is 5.16. The number of aliphatic carboxylic acids is 1. The van der Waals surface area contributed by atoms with Gasteiger partial charge in [0, 0.05) is 18.6 Å². The Morgan fingerprint density at radius 3 is 1.91 bits per heavy atom. The second-order valence-corrected chi connectivity index (χ2v) is 7.73. The Morgan fingerprint density at radius 2 is 1.44 bits per heavy atom. The molecule has 14 heteroatoms. The van der Waals surface area contributed by atoms with Crippen molar-refractivity contribution in [3.63, 3.8) is 0 Å². The molecule has 1 fully saturated rings. The third-order valence-electron chi connectivity index (χ3n) is 4.80. The predicted molar refractivity (Wildman–Crippen MR) is 115 cm³/mol. The van der Waals surface area contributed by atoms with E-state index < -0.39 is 53.8 Å². The van der Waals surface area contributed by atoms with E-state index in [2.05, 4.69) is 33.9 Å². The number of rotatable bonds is 14. The minimum atomic E-state index is -1.43. The van der Waals surface area contributed by atoms with Crippen molar-refractivity contribution in [2.24, 2.45) is 11.5 Å². The zero-order chi connectivity index (χ0) is 24.3. The Morgan fingerprint density at radius 1 is 0.906 bits per heavy atom. The molecule has 0 aromatic heterocycles. The molecule has 1 aliphatic rings. The van der Waals surface area contributed by atoms with Gasteiger partial charge < -0.3 is 37.8 Å². The predicted octanol–water partition coefficient (Wildman–Crippen LogP) is -3.26. The van der Waals surface area contributed by atoms with Gasteiger partial charge in [-0.25, -0.2) is 4.79 Å². The molecule has 0 aliphatic carbocycles. The molecule has 32 heavy (non-hydrogen) atoms. The van der Waals surface area contributed by atoms with E-state index in [1.165, 1.54) is 0 Å². The average Bonchev–Trinajstić information content (AvgIpc) is 3.26. The molecule has 4 atom stereocenters. The van der Waals surface area contributed by atoms with Gasteiger partial charge in [0.05, 0.1) is 6.04 Å². The molecular formula is C18H30N6O7S. The summed E-state index contributed by atoms with van der Waals surface area (Å²) in [7, 11) is 0. The van der Waals surface area contributed by atoms with Crippen molar-refractivity contribution in [2.45, 2.75) is 62.7 Å². The molecule has 1 heterocycles. The number of carboxylic acid groups (broad SMARTS) is 1. The number of hydrogen-bond acceptors (Lipinski definition) is 8. The Bertz CT molecular complexity index is 729. The zero-order valence-corrected chi connectivity index (χ0v) is 18.4. The summed E-state index contributed by atoms with van der Waals surface area (Å²) >= 11 is 4.07. The SMILES string of the molecule is NC(=O)CCC(NC(=O)C(CCC(N)=O)NC(=O)C(CS)NC(=O)C1CCCN1)C(=O)O. The maximum atomic E-state index is 12.7. The summed E-state index contributed by atoms with van der Waals surface area (Å²) in [6.07, 6.45) is 0.451. The van der Waals surface area contributed by atoms with Crippen LogP contribution in [0, 0.1) is 0 Å². The number of nitrogens with one attached hydrogen (secondary N) is 4. The number of carbonyl (C=O) groups excluding carboxylic acids is 5. The molecule has 1 rings (SSSR count). The van der Waals surface area contributed by atoms with Gasteiger partial charge >= 0.3 is 5.97 Å². The van der Waals surface area contributed by atoms with Gasteiger partial charge in [0.25, 0.3) is 0 Å². The number of primary amides is 2. The minimum absolute atomic E-state index is 0.0647. The fraction of sp³-hybridized carbons (Fsp3) is 0.667. The summed E-state index contributed by atoms with van der Waals surface area (Å²) in [5.41, 5.74) is 10.1. The molecule has 180 valence electrons. The summed E-state index contributed by atoms with van der Waals surface area (Å²) in [4.78, 5) is 71.0. The van der Waals surface area contributed by atoms with E-state index >= 15 is 0 Å². The van der Waals surface area contributed by atoms with Gasteiger partial charge in [-0.15, -0.1) is 0 Å². The van der Waals surface area contributed by atoms with Crippen molar-refractivity contribution < 1.29 is 33.9 Å². The van der Waals surface area contributed by atoms with Crippen LogP contribution < -0.4 is 32.7 Å². The number of thiol groups is 1. The van der Waals surface area contributed by atoms with Crippen LogP contribution in [0.1, 0.15) is 38.5 Å². The van der Waals surface area contributed by atoms with Crippen LogP contribution in [0.3, 0.4) is 0 Å². The van der Waals surface area contributed by atoms with E-state index in [0.717, 1.165) is 6.42 Å². The number of nitrogens with two attached hydrogens (primary N) is 2. The van der Waals surface area contributed by atoms with Gasteiger partial charge in [0.1, 0.15) is 18.1 Å². The molecule has 0 bridgehead atoms. The monoisotopic (exact) mass is 474 g/mol. The van der Waals surface area contributed by atoms with E-state index in [-0.39, 0.29) is 37.3 Å². The van der Waals surface area contributed by atoms with E-state index in [1.54, 1.807) is 0 Å². The molecule has 0 saturated carbocycles. The third kappa shape index (κ3) is 9.51. The standard InChI is InChI=1S/C18H30N6O7S/c19-13(25)5-3-10(16(28)23-11(18(30)31)4-6-14(20)26)22-17(29)12(8-32)24-15(27)9-2-1-7-21-9/h9-12,21,32H,1-8H2,(H2,19,25)(H2,20,26)(H,22,29)(H,23,28)(H,24,27)(H,30,31).